The molecule has 1 aromatic carbocycles. The van der Waals surface area contributed by atoms with Crippen LogP contribution in [0.3, 0.4) is 0 Å². The van der Waals surface area contributed by atoms with Gasteiger partial charge in [-0.25, -0.2) is 0 Å². The van der Waals surface area contributed by atoms with Gasteiger partial charge in [0.2, 0.25) is 5.91 Å². The number of carbonyl (C=O) groups is 1. The van der Waals surface area contributed by atoms with Crippen LogP contribution in [0, 0.1) is 5.92 Å². The number of rotatable bonds is 5. The molecule has 2 rings (SSSR count). The number of likely N-dealkylation sites (tertiary alicyclic amines) is 1. The Hall–Kier alpha value is -1.75. The summed E-state index contributed by atoms with van der Waals surface area (Å²) in [6.07, 6.45) is 2.02. The summed E-state index contributed by atoms with van der Waals surface area (Å²) in [7, 11) is 5.01. The lowest BCUT2D eigenvalue weighted by Gasteiger charge is -2.31. The van der Waals surface area contributed by atoms with Gasteiger partial charge >= 0.3 is 0 Å². The lowest BCUT2D eigenvalue weighted by Crippen LogP contribution is -2.41. The molecule has 21 heavy (non-hydrogen) atoms. The molecule has 1 N–H and O–H groups in total. The molecule has 1 aliphatic rings. The molecular weight excluding hydrogens is 268 g/mol. The summed E-state index contributed by atoms with van der Waals surface area (Å²) in [6, 6.07) is 5.91. The number of benzene rings is 1. The van der Waals surface area contributed by atoms with Crippen LogP contribution in [0.2, 0.25) is 0 Å². The fourth-order valence-electron chi connectivity index (χ4n) is 2.83. The number of methoxy groups -OCH3 is 2. The van der Waals surface area contributed by atoms with E-state index in [0.29, 0.717) is 0 Å². The molecule has 1 atom stereocenters. The molecule has 1 amide bonds. The lowest BCUT2D eigenvalue weighted by molar-refractivity contribution is -0.126. The molecule has 1 fully saturated rings. The van der Waals surface area contributed by atoms with Crippen molar-refractivity contribution in [1.82, 2.24) is 10.2 Å². The van der Waals surface area contributed by atoms with Gasteiger partial charge in [0.25, 0.3) is 0 Å². The van der Waals surface area contributed by atoms with Crippen LogP contribution in [-0.2, 0) is 11.3 Å². The maximum atomic E-state index is 11.8. The largest absolute Gasteiger partial charge is 0.497 e. The highest BCUT2D eigenvalue weighted by Crippen LogP contribution is 2.25. The highest BCUT2D eigenvalue weighted by molar-refractivity contribution is 5.78. The van der Waals surface area contributed by atoms with Crippen molar-refractivity contribution >= 4 is 5.91 Å². The molecule has 0 saturated carbocycles. The van der Waals surface area contributed by atoms with Crippen LogP contribution in [0.1, 0.15) is 18.4 Å². The maximum absolute atomic E-state index is 11.8. The SMILES string of the molecule is CNC(=O)C1CCCN(Cc2cc(OC)cc(OC)c2)C1. The first kappa shape index (κ1) is 15.6. The lowest BCUT2D eigenvalue weighted by atomic mass is 9.97. The summed E-state index contributed by atoms with van der Waals surface area (Å²) in [5.74, 6) is 1.83. The fourth-order valence-corrected chi connectivity index (χ4v) is 2.83. The van der Waals surface area contributed by atoms with Crippen molar-refractivity contribution in [3.63, 3.8) is 0 Å². The van der Waals surface area contributed by atoms with E-state index in [-0.39, 0.29) is 11.8 Å². The quantitative estimate of drug-likeness (QED) is 0.897. The van der Waals surface area contributed by atoms with Gasteiger partial charge in [0.15, 0.2) is 0 Å². The molecule has 1 heterocycles. The zero-order valence-electron chi connectivity index (χ0n) is 13.0. The molecule has 0 spiro atoms. The van der Waals surface area contributed by atoms with Gasteiger partial charge in [-0.05, 0) is 37.1 Å². The van der Waals surface area contributed by atoms with Crippen molar-refractivity contribution < 1.29 is 14.3 Å². The minimum absolute atomic E-state index is 0.0938. The molecule has 1 aromatic rings. The molecule has 116 valence electrons. The highest BCUT2D eigenvalue weighted by atomic mass is 16.5. The summed E-state index contributed by atoms with van der Waals surface area (Å²) in [5, 5.41) is 2.75. The molecule has 0 radical (unpaired) electrons. The summed E-state index contributed by atoms with van der Waals surface area (Å²) < 4.78 is 10.6. The fraction of sp³-hybridized carbons (Fsp3) is 0.562. The molecule has 1 aliphatic heterocycles. The average molecular weight is 292 g/mol. The predicted molar refractivity (Wildman–Crippen MR) is 81.6 cm³/mol. The molecule has 0 bridgehead atoms. The van der Waals surface area contributed by atoms with E-state index in [1.54, 1.807) is 21.3 Å². The smallest absolute Gasteiger partial charge is 0.224 e. The highest BCUT2D eigenvalue weighted by Gasteiger charge is 2.25. The molecule has 5 heteroatoms. The van der Waals surface area contributed by atoms with Crippen LogP contribution in [0.15, 0.2) is 18.2 Å². The van der Waals surface area contributed by atoms with E-state index in [9.17, 15) is 4.79 Å². The number of piperidine rings is 1. The second-order valence-electron chi connectivity index (χ2n) is 5.41. The zero-order valence-corrected chi connectivity index (χ0v) is 13.0. The van der Waals surface area contributed by atoms with Crippen molar-refractivity contribution in [3.8, 4) is 11.5 Å². The van der Waals surface area contributed by atoms with Crippen LogP contribution >= 0.6 is 0 Å². The van der Waals surface area contributed by atoms with Gasteiger partial charge in [-0.15, -0.1) is 0 Å². The molecular formula is C16H24N2O3. The van der Waals surface area contributed by atoms with E-state index in [1.807, 2.05) is 18.2 Å². The second kappa shape index (κ2) is 7.31. The third-order valence-corrected chi connectivity index (χ3v) is 3.94. The van der Waals surface area contributed by atoms with Crippen LogP contribution in [-0.4, -0.2) is 45.2 Å². The molecule has 5 nitrogen and oxygen atoms in total. The number of nitrogens with one attached hydrogen (secondary N) is 1. The predicted octanol–water partition coefficient (Wildman–Crippen LogP) is 1.66. The van der Waals surface area contributed by atoms with Gasteiger partial charge in [-0.3, -0.25) is 9.69 Å². The minimum Gasteiger partial charge on any atom is -0.497 e. The van der Waals surface area contributed by atoms with Gasteiger partial charge in [0.1, 0.15) is 11.5 Å². The monoisotopic (exact) mass is 292 g/mol. The third kappa shape index (κ3) is 4.11. The Labute approximate surface area is 126 Å². The van der Waals surface area contributed by atoms with Crippen molar-refractivity contribution in [2.24, 2.45) is 5.92 Å². The molecule has 0 aromatic heterocycles. The minimum atomic E-state index is 0.0938. The van der Waals surface area contributed by atoms with Gasteiger partial charge in [-0.1, -0.05) is 0 Å². The number of hydrogen-bond donors (Lipinski definition) is 1. The Balaban J connectivity index is 2.05. The van der Waals surface area contributed by atoms with Crippen LogP contribution in [0.25, 0.3) is 0 Å². The number of hydrogen-bond acceptors (Lipinski definition) is 4. The van der Waals surface area contributed by atoms with Crippen molar-refractivity contribution in [2.75, 3.05) is 34.4 Å². The molecule has 1 unspecified atom stereocenters. The third-order valence-electron chi connectivity index (χ3n) is 3.94. The van der Waals surface area contributed by atoms with Gasteiger partial charge in [0, 0.05) is 26.2 Å². The first-order valence-electron chi connectivity index (χ1n) is 7.32. The van der Waals surface area contributed by atoms with Crippen LogP contribution in [0.5, 0.6) is 11.5 Å². The van der Waals surface area contributed by atoms with Gasteiger partial charge in [0.05, 0.1) is 20.1 Å². The normalized spacial score (nSPS) is 19.1. The van der Waals surface area contributed by atoms with E-state index >= 15 is 0 Å². The standard InChI is InChI=1S/C16H24N2O3/c1-17-16(19)13-5-4-6-18(11-13)10-12-7-14(20-2)9-15(8-12)21-3/h7-9,13H,4-6,10-11H2,1-3H3,(H,17,19). The second-order valence-corrected chi connectivity index (χ2v) is 5.41. The van der Waals surface area contributed by atoms with Crippen LogP contribution < -0.4 is 14.8 Å². The number of nitrogens with zero attached hydrogens (tertiary/aromatic N) is 1. The van der Waals surface area contributed by atoms with Crippen LogP contribution in [0.4, 0.5) is 0 Å². The van der Waals surface area contributed by atoms with E-state index in [1.165, 1.54) is 0 Å². The Morgan fingerprint density at radius 1 is 1.29 bits per heavy atom. The topological polar surface area (TPSA) is 50.8 Å². The van der Waals surface area contributed by atoms with E-state index in [0.717, 1.165) is 49.5 Å². The Morgan fingerprint density at radius 3 is 2.52 bits per heavy atom. The number of ether oxygens (including phenoxy) is 2. The van der Waals surface area contributed by atoms with Crippen molar-refractivity contribution in [1.29, 1.82) is 0 Å². The van der Waals surface area contributed by atoms with E-state index in [4.69, 9.17) is 9.47 Å². The Morgan fingerprint density at radius 2 is 1.95 bits per heavy atom. The summed E-state index contributed by atoms with van der Waals surface area (Å²) in [6.45, 7) is 2.63. The van der Waals surface area contributed by atoms with Crippen molar-refractivity contribution in [3.05, 3.63) is 23.8 Å². The summed E-state index contributed by atoms with van der Waals surface area (Å²) in [5.41, 5.74) is 1.14. The number of amides is 1. The average Bonchev–Trinajstić information content (AvgIpc) is 2.53. The summed E-state index contributed by atoms with van der Waals surface area (Å²) >= 11 is 0. The Bertz CT molecular complexity index is 468. The van der Waals surface area contributed by atoms with Crippen molar-refractivity contribution in [2.45, 2.75) is 19.4 Å². The first-order chi connectivity index (χ1) is 10.2. The first-order valence-corrected chi connectivity index (χ1v) is 7.32. The maximum Gasteiger partial charge on any atom is 0.224 e. The molecule has 1 saturated heterocycles. The van der Waals surface area contributed by atoms with E-state index < -0.39 is 0 Å². The Kier molecular flexibility index (Phi) is 5.44. The zero-order chi connectivity index (χ0) is 15.2. The number of carbonyl (C=O) groups excluding carboxylic acids is 1. The van der Waals surface area contributed by atoms with Gasteiger partial charge in [-0.2, -0.15) is 0 Å². The molecule has 0 aliphatic carbocycles. The summed E-state index contributed by atoms with van der Waals surface area (Å²) in [4.78, 5) is 14.1. The van der Waals surface area contributed by atoms with Gasteiger partial charge < -0.3 is 14.8 Å². The van der Waals surface area contributed by atoms with E-state index in [2.05, 4.69) is 10.2 Å².